The van der Waals surface area contributed by atoms with Gasteiger partial charge in [-0.05, 0) is 129 Å². The molecule has 7 fully saturated rings. The summed E-state index contributed by atoms with van der Waals surface area (Å²) in [5.41, 5.74) is 7.76. The molecule has 1 aliphatic heterocycles. The average Bonchev–Trinajstić information content (AvgIpc) is 3.45. The summed E-state index contributed by atoms with van der Waals surface area (Å²) >= 11 is 0. The number of nitrogens with zero attached hydrogens (tertiary/aromatic N) is 1. The zero-order chi connectivity index (χ0) is 39.6. The first kappa shape index (κ1) is 40.7. The van der Waals surface area contributed by atoms with Gasteiger partial charge >= 0.3 is 11.9 Å². The van der Waals surface area contributed by atoms with E-state index in [0.717, 1.165) is 38.6 Å². The summed E-state index contributed by atoms with van der Waals surface area (Å²) in [5.74, 6) is 0.598. The number of allylic oxidation sites excluding steroid dienone is 1. The number of aliphatic carboxylic acids is 1. The Balaban J connectivity index is 1.11. The van der Waals surface area contributed by atoms with Gasteiger partial charge in [0, 0.05) is 42.7 Å². The van der Waals surface area contributed by atoms with Crippen LogP contribution >= 0.6 is 0 Å². The zero-order valence-electron chi connectivity index (χ0n) is 35.0. The molecule has 6 saturated carbocycles. The number of sulfone groups is 1. The van der Waals surface area contributed by atoms with Gasteiger partial charge in [-0.15, -0.1) is 0 Å². The van der Waals surface area contributed by atoms with Crippen molar-refractivity contribution in [2.45, 2.75) is 150 Å². The first-order valence-corrected chi connectivity index (χ1v) is 23.3. The van der Waals surface area contributed by atoms with Gasteiger partial charge in [-0.1, -0.05) is 60.6 Å². The van der Waals surface area contributed by atoms with Crippen molar-refractivity contribution in [1.82, 2.24) is 10.2 Å². The van der Waals surface area contributed by atoms with Gasteiger partial charge in [0.25, 0.3) is 0 Å². The molecule has 9 nitrogen and oxygen atoms in total. The Morgan fingerprint density at radius 2 is 1.54 bits per heavy atom. The molecular formula is C44H73N3O6S. The van der Waals surface area contributed by atoms with Crippen LogP contribution in [0.1, 0.15) is 127 Å². The Morgan fingerprint density at radius 1 is 0.870 bits per heavy atom. The lowest BCUT2D eigenvalue weighted by atomic mass is 9.32. The van der Waals surface area contributed by atoms with Crippen LogP contribution in [0.2, 0.25) is 0 Å². The molecule has 1 saturated heterocycles. The molecule has 1 heterocycles. The van der Waals surface area contributed by atoms with E-state index in [1.165, 1.54) is 37.7 Å². The quantitative estimate of drug-likeness (QED) is 0.173. The number of fused-ring (bicyclic) bond motifs is 7. The highest BCUT2D eigenvalue weighted by Gasteiger charge is 2.72. The molecule has 0 spiro atoms. The van der Waals surface area contributed by atoms with E-state index in [1.807, 2.05) is 13.8 Å². The summed E-state index contributed by atoms with van der Waals surface area (Å²) in [6.07, 6.45) is 11.1. The van der Waals surface area contributed by atoms with Crippen molar-refractivity contribution in [2.75, 3.05) is 31.1 Å². The molecule has 6 aliphatic carbocycles. The molecule has 0 radical (unpaired) electrons. The molecule has 0 aromatic heterocycles. The molecule has 10 heteroatoms. The second-order valence-corrected chi connectivity index (χ2v) is 24.0. The van der Waals surface area contributed by atoms with Gasteiger partial charge in [0.1, 0.15) is 6.10 Å². The molecule has 306 valence electrons. The highest BCUT2D eigenvalue weighted by atomic mass is 32.2. The van der Waals surface area contributed by atoms with E-state index in [9.17, 15) is 23.1 Å². The van der Waals surface area contributed by atoms with Crippen LogP contribution in [0.4, 0.5) is 0 Å². The van der Waals surface area contributed by atoms with Crippen molar-refractivity contribution in [2.24, 2.45) is 74.2 Å². The lowest BCUT2D eigenvalue weighted by molar-refractivity contribution is -0.246. The molecule has 7 aliphatic rings. The predicted octanol–water partition coefficient (Wildman–Crippen LogP) is 6.70. The van der Waals surface area contributed by atoms with Gasteiger partial charge in [-0.25, -0.2) is 8.42 Å². The van der Waals surface area contributed by atoms with Gasteiger partial charge in [-0.3, -0.25) is 14.5 Å². The number of carboxylic acid groups (broad SMARTS) is 1. The molecule has 4 N–H and O–H groups in total. The second-order valence-electron chi connectivity index (χ2n) is 21.7. The van der Waals surface area contributed by atoms with Crippen LogP contribution in [0.5, 0.6) is 0 Å². The van der Waals surface area contributed by atoms with E-state index < -0.39 is 33.1 Å². The maximum absolute atomic E-state index is 13.5. The van der Waals surface area contributed by atoms with Crippen LogP contribution in [0.3, 0.4) is 0 Å². The first-order valence-electron chi connectivity index (χ1n) is 21.5. The van der Waals surface area contributed by atoms with E-state index in [1.54, 1.807) is 0 Å². The van der Waals surface area contributed by atoms with E-state index >= 15 is 0 Å². The van der Waals surface area contributed by atoms with Crippen LogP contribution in [0.25, 0.3) is 0 Å². The summed E-state index contributed by atoms with van der Waals surface area (Å²) in [6.45, 7) is 27.1. The number of nitrogens with one attached hydrogen (secondary N) is 1. The molecule has 0 bridgehead atoms. The molecule has 7 rings (SSSR count). The Kier molecular flexibility index (Phi) is 10.0. The van der Waals surface area contributed by atoms with Crippen LogP contribution in [0.15, 0.2) is 12.2 Å². The molecule has 0 unspecified atom stereocenters. The number of carboxylic acids is 1. The number of carbonyl (C=O) groups is 2. The van der Waals surface area contributed by atoms with Gasteiger partial charge in [-0.2, -0.15) is 0 Å². The molecule has 0 aromatic rings. The third kappa shape index (κ3) is 6.01. The SMILES string of the molecule is C=C(C)[C@@H]1CC[C@]2(NC[C@H]([C@@H](C)N)N3CCS(=O)(=O)CC3)CC[C@]3(C)[C@H](CC[C@@H]4[C@@]5(C)CC[C@H](OC(=O)[C@H]6[C@@H](C(=O)O)C6(C)C)C(C)(C)[C@@H]5CC[C@]43C)[C@@H]12. The number of ether oxygens (including phenoxy) is 1. The fraction of sp³-hybridized carbons (Fsp3) is 0.909. The molecule has 0 amide bonds. The highest BCUT2D eigenvalue weighted by Crippen LogP contribution is 2.76. The van der Waals surface area contributed by atoms with Crippen LogP contribution in [0, 0.1) is 68.5 Å². The zero-order valence-corrected chi connectivity index (χ0v) is 35.8. The Morgan fingerprint density at radius 3 is 2.13 bits per heavy atom. The van der Waals surface area contributed by atoms with Gasteiger partial charge in [0.05, 0.1) is 23.3 Å². The van der Waals surface area contributed by atoms with E-state index in [0.29, 0.717) is 42.7 Å². The number of carbonyl (C=O) groups excluding carboxylic acids is 1. The number of nitrogens with two attached hydrogens (primary N) is 1. The fourth-order valence-electron chi connectivity index (χ4n) is 15.4. The summed E-state index contributed by atoms with van der Waals surface area (Å²) in [4.78, 5) is 27.7. The summed E-state index contributed by atoms with van der Waals surface area (Å²) in [7, 11) is -2.96. The van der Waals surface area contributed by atoms with Crippen molar-refractivity contribution in [3.8, 4) is 0 Å². The second kappa shape index (κ2) is 13.3. The number of rotatable bonds is 9. The van der Waals surface area contributed by atoms with Crippen molar-refractivity contribution in [3.63, 3.8) is 0 Å². The topological polar surface area (TPSA) is 139 Å². The Bertz CT molecular complexity index is 1630. The minimum atomic E-state index is -2.96. The van der Waals surface area contributed by atoms with Crippen molar-refractivity contribution < 1.29 is 27.9 Å². The highest BCUT2D eigenvalue weighted by molar-refractivity contribution is 7.91. The Hall–Kier alpha value is -1.49. The first-order chi connectivity index (χ1) is 25.0. The average molecular weight is 772 g/mol. The van der Waals surface area contributed by atoms with Crippen molar-refractivity contribution in [1.29, 1.82) is 0 Å². The maximum Gasteiger partial charge on any atom is 0.310 e. The normalized spacial score (nSPS) is 47.1. The van der Waals surface area contributed by atoms with Gasteiger partial charge in [0.2, 0.25) is 0 Å². The minimum absolute atomic E-state index is 0.0345. The predicted molar refractivity (Wildman–Crippen MR) is 213 cm³/mol. The molecular weight excluding hydrogens is 699 g/mol. The number of hydrogen-bond donors (Lipinski definition) is 3. The number of esters is 1. The third-order valence-electron chi connectivity index (χ3n) is 18.7. The monoisotopic (exact) mass is 772 g/mol. The lowest BCUT2D eigenvalue weighted by Crippen LogP contribution is -2.69. The number of hydrogen-bond acceptors (Lipinski definition) is 8. The lowest BCUT2D eigenvalue weighted by Gasteiger charge is -2.73. The van der Waals surface area contributed by atoms with E-state index in [4.69, 9.17) is 10.5 Å². The smallest absolute Gasteiger partial charge is 0.310 e. The Labute approximate surface area is 326 Å². The van der Waals surface area contributed by atoms with Crippen LogP contribution in [-0.2, 0) is 24.2 Å². The third-order valence-corrected chi connectivity index (χ3v) is 20.3. The molecule has 54 heavy (non-hydrogen) atoms. The van der Waals surface area contributed by atoms with Crippen LogP contribution in [-0.4, -0.2) is 85.2 Å². The fourth-order valence-corrected chi connectivity index (χ4v) is 16.6. The van der Waals surface area contributed by atoms with Crippen molar-refractivity contribution >= 4 is 21.8 Å². The van der Waals surface area contributed by atoms with E-state index in [-0.39, 0.29) is 62.9 Å². The van der Waals surface area contributed by atoms with E-state index in [2.05, 4.69) is 65.3 Å². The van der Waals surface area contributed by atoms with Gasteiger partial charge in [0.15, 0.2) is 9.84 Å². The minimum Gasteiger partial charge on any atom is -0.481 e. The molecule has 14 atom stereocenters. The summed E-state index contributed by atoms with van der Waals surface area (Å²) in [6, 6.07) is 0.0408. The summed E-state index contributed by atoms with van der Waals surface area (Å²) < 4.78 is 30.9. The largest absolute Gasteiger partial charge is 0.481 e. The van der Waals surface area contributed by atoms with Crippen molar-refractivity contribution in [3.05, 3.63) is 12.2 Å². The maximum atomic E-state index is 13.5. The standard InChI is InChI=1S/C44H73N3O6S/c1-26(2)28-13-18-44(46-25-30(27(3)45)47-21-23-54(51,52)24-22-47)20-19-42(9)29(34(28)44)11-12-32-41(8)16-15-33(39(4,5)31(41)14-17-43(32,42)10)53-38(50)36-35(37(48)49)40(36,6)7/h27-36,46H,1,11-25,45H2,2-10H3,(H,48,49)/t27-,28+,29-,30-,31+,32-,33+,34-,35+,36-,41+,42-,43-,44+/m1/s1. The molecule has 0 aromatic carbocycles. The summed E-state index contributed by atoms with van der Waals surface area (Å²) in [5, 5.41) is 14.0. The van der Waals surface area contributed by atoms with Crippen LogP contribution < -0.4 is 11.1 Å². The van der Waals surface area contributed by atoms with Gasteiger partial charge < -0.3 is 20.9 Å².